The smallest absolute Gasteiger partial charge is 0.217 e. The van der Waals surface area contributed by atoms with Crippen LogP contribution in [0.15, 0.2) is 18.3 Å². The number of aromatic nitrogens is 1. The minimum Gasteiger partial charge on any atom is -0.481 e. The molecule has 1 heterocycles. The Morgan fingerprint density at radius 1 is 1.53 bits per heavy atom. The molecule has 1 saturated carbocycles. The van der Waals surface area contributed by atoms with E-state index >= 15 is 0 Å². The third-order valence-corrected chi connectivity index (χ3v) is 3.28. The Labute approximate surface area is 104 Å². The molecule has 1 N–H and O–H groups in total. The molecule has 0 saturated heterocycles. The number of methoxy groups -OCH3 is 1. The maximum Gasteiger partial charge on any atom is 0.217 e. The number of nitrogens with one attached hydrogen (secondary N) is 1. The van der Waals surface area contributed by atoms with Gasteiger partial charge in [0.1, 0.15) is 0 Å². The maximum absolute atomic E-state index is 5.36. The van der Waals surface area contributed by atoms with Crippen LogP contribution in [0.1, 0.15) is 44.2 Å². The third-order valence-electron chi connectivity index (χ3n) is 3.28. The zero-order valence-electron chi connectivity index (χ0n) is 10.8. The zero-order chi connectivity index (χ0) is 12.1. The monoisotopic (exact) mass is 234 g/mol. The number of hydrogen-bond donors (Lipinski definition) is 1. The Morgan fingerprint density at radius 2 is 2.35 bits per heavy atom. The molecule has 1 atom stereocenters. The fourth-order valence-corrected chi connectivity index (χ4v) is 2.16. The SMILES string of the molecule is CCCNC(CC1CC1)c1cccnc1OC. The maximum atomic E-state index is 5.36. The molecule has 3 heteroatoms. The highest BCUT2D eigenvalue weighted by molar-refractivity contribution is 5.29. The van der Waals surface area contributed by atoms with Crippen molar-refractivity contribution < 1.29 is 4.74 Å². The van der Waals surface area contributed by atoms with Crippen molar-refractivity contribution in [3.8, 4) is 5.88 Å². The van der Waals surface area contributed by atoms with Crippen molar-refractivity contribution in [2.45, 2.75) is 38.6 Å². The molecule has 0 radical (unpaired) electrons. The second-order valence-corrected chi connectivity index (χ2v) is 4.79. The van der Waals surface area contributed by atoms with E-state index in [4.69, 9.17) is 4.74 Å². The number of hydrogen-bond acceptors (Lipinski definition) is 3. The van der Waals surface area contributed by atoms with Crippen LogP contribution in [0.3, 0.4) is 0 Å². The van der Waals surface area contributed by atoms with Gasteiger partial charge in [-0.2, -0.15) is 0 Å². The molecular formula is C14H22N2O. The first-order valence-corrected chi connectivity index (χ1v) is 6.57. The minimum absolute atomic E-state index is 0.395. The molecule has 2 rings (SSSR count). The summed E-state index contributed by atoms with van der Waals surface area (Å²) in [5, 5.41) is 3.61. The minimum atomic E-state index is 0.395. The van der Waals surface area contributed by atoms with E-state index in [1.807, 2.05) is 6.07 Å². The van der Waals surface area contributed by atoms with E-state index in [0.29, 0.717) is 6.04 Å². The number of ether oxygens (including phenoxy) is 1. The molecule has 1 unspecified atom stereocenters. The predicted molar refractivity (Wildman–Crippen MR) is 69.2 cm³/mol. The normalized spacial score (nSPS) is 16.8. The fourth-order valence-electron chi connectivity index (χ4n) is 2.16. The van der Waals surface area contributed by atoms with Gasteiger partial charge in [0.05, 0.1) is 7.11 Å². The molecule has 0 aliphatic heterocycles. The molecule has 1 aliphatic rings. The molecule has 0 bridgehead atoms. The summed E-state index contributed by atoms with van der Waals surface area (Å²) in [6.45, 7) is 3.25. The number of nitrogens with zero attached hydrogens (tertiary/aromatic N) is 1. The Bertz CT molecular complexity index is 350. The van der Waals surface area contributed by atoms with Crippen LogP contribution in [0.4, 0.5) is 0 Å². The van der Waals surface area contributed by atoms with Crippen molar-refractivity contribution in [3.63, 3.8) is 0 Å². The lowest BCUT2D eigenvalue weighted by molar-refractivity contribution is 0.376. The first-order chi connectivity index (χ1) is 8.35. The molecule has 0 aromatic carbocycles. The topological polar surface area (TPSA) is 34.2 Å². The largest absolute Gasteiger partial charge is 0.481 e. The fraction of sp³-hybridized carbons (Fsp3) is 0.643. The molecule has 17 heavy (non-hydrogen) atoms. The highest BCUT2D eigenvalue weighted by Gasteiger charge is 2.27. The zero-order valence-corrected chi connectivity index (χ0v) is 10.8. The predicted octanol–water partition coefficient (Wildman–Crippen LogP) is 2.93. The van der Waals surface area contributed by atoms with E-state index in [0.717, 1.165) is 24.8 Å². The summed E-state index contributed by atoms with van der Waals surface area (Å²) in [7, 11) is 1.69. The summed E-state index contributed by atoms with van der Waals surface area (Å²) in [5.41, 5.74) is 1.20. The van der Waals surface area contributed by atoms with E-state index in [1.54, 1.807) is 13.3 Å². The molecular weight excluding hydrogens is 212 g/mol. The standard InChI is InChI=1S/C14H22N2O/c1-3-8-15-13(10-11-6-7-11)12-5-4-9-16-14(12)17-2/h4-5,9,11,13,15H,3,6-8,10H2,1-2H3. The van der Waals surface area contributed by atoms with Crippen molar-refractivity contribution in [3.05, 3.63) is 23.9 Å². The quantitative estimate of drug-likeness (QED) is 0.787. The van der Waals surface area contributed by atoms with Gasteiger partial charge in [0, 0.05) is 17.8 Å². The molecule has 94 valence electrons. The first kappa shape index (κ1) is 12.4. The van der Waals surface area contributed by atoms with Crippen molar-refractivity contribution in [1.29, 1.82) is 0 Å². The molecule has 0 spiro atoms. The van der Waals surface area contributed by atoms with Gasteiger partial charge in [0.2, 0.25) is 5.88 Å². The summed E-state index contributed by atoms with van der Waals surface area (Å²) in [5.74, 6) is 1.66. The van der Waals surface area contributed by atoms with Crippen molar-refractivity contribution in [1.82, 2.24) is 10.3 Å². The van der Waals surface area contributed by atoms with Crippen LogP contribution in [-0.4, -0.2) is 18.6 Å². The Hall–Kier alpha value is -1.09. The lowest BCUT2D eigenvalue weighted by Gasteiger charge is -2.20. The summed E-state index contributed by atoms with van der Waals surface area (Å²) < 4.78 is 5.36. The average molecular weight is 234 g/mol. The Morgan fingerprint density at radius 3 is 3.00 bits per heavy atom. The molecule has 0 amide bonds. The Kier molecular flexibility index (Phi) is 4.37. The number of rotatable bonds is 7. The summed E-state index contributed by atoms with van der Waals surface area (Å²) >= 11 is 0. The first-order valence-electron chi connectivity index (χ1n) is 6.57. The van der Waals surface area contributed by atoms with Gasteiger partial charge in [-0.05, 0) is 31.4 Å². The van der Waals surface area contributed by atoms with E-state index in [2.05, 4.69) is 23.3 Å². The highest BCUT2D eigenvalue weighted by Crippen LogP contribution is 2.39. The van der Waals surface area contributed by atoms with Crippen molar-refractivity contribution in [2.24, 2.45) is 5.92 Å². The van der Waals surface area contributed by atoms with E-state index in [9.17, 15) is 0 Å². The van der Waals surface area contributed by atoms with Crippen LogP contribution >= 0.6 is 0 Å². The summed E-state index contributed by atoms with van der Waals surface area (Å²) in [4.78, 5) is 4.29. The van der Waals surface area contributed by atoms with Gasteiger partial charge in [-0.15, -0.1) is 0 Å². The Balaban J connectivity index is 2.10. The molecule has 1 aromatic heterocycles. The summed E-state index contributed by atoms with van der Waals surface area (Å²) in [6.07, 6.45) is 6.92. The van der Waals surface area contributed by atoms with Crippen LogP contribution in [0.5, 0.6) is 5.88 Å². The van der Waals surface area contributed by atoms with Crippen molar-refractivity contribution >= 4 is 0 Å². The van der Waals surface area contributed by atoms with Crippen LogP contribution in [0, 0.1) is 5.92 Å². The molecule has 1 fully saturated rings. The van der Waals surface area contributed by atoms with Crippen LogP contribution in [0.25, 0.3) is 0 Å². The van der Waals surface area contributed by atoms with Gasteiger partial charge in [-0.1, -0.05) is 25.8 Å². The van der Waals surface area contributed by atoms with Gasteiger partial charge in [-0.25, -0.2) is 4.98 Å². The average Bonchev–Trinajstić information content (AvgIpc) is 3.18. The van der Waals surface area contributed by atoms with Gasteiger partial charge >= 0.3 is 0 Å². The van der Waals surface area contributed by atoms with E-state index in [-0.39, 0.29) is 0 Å². The third kappa shape index (κ3) is 3.43. The second kappa shape index (κ2) is 6.01. The van der Waals surface area contributed by atoms with Gasteiger partial charge in [-0.3, -0.25) is 0 Å². The lowest BCUT2D eigenvalue weighted by atomic mass is 10.0. The molecule has 1 aromatic rings. The summed E-state index contributed by atoms with van der Waals surface area (Å²) in [6, 6.07) is 4.51. The molecule has 3 nitrogen and oxygen atoms in total. The van der Waals surface area contributed by atoms with Gasteiger partial charge < -0.3 is 10.1 Å². The van der Waals surface area contributed by atoms with Crippen LogP contribution in [0.2, 0.25) is 0 Å². The second-order valence-electron chi connectivity index (χ2n) is 4.79. The molecule has 1 aliphatic carbocycles. The van der Waals surface area contributed by atoms with Crippen molar-refractivity contribution in [2.75, 3.05) is 13.7 Å². The van der Waals surface area contributed by atoms with E-state index < -0.39 is 0 Å². The van der Waals surface area contributed by atoms with Gasteiger partial charge in [0.15, 0.2) is 0 Å². The number of pyridine rings is 1. The van der Waals surface area contributed by atoms with E-state index in [1.165, 1.54) is 24.8 Å². The van der Waals surface area contributed by atoms with Crippen LogP contribution in [-0.2, 0) is 0 Å². The highest BCUT2D eigenvalue weighted by atomic mass is 16.5. The lowest BCUT2D eigenvalue weighted by Crippen LogP contribution is -2.23. The van der Waals surface area contributed by atoms with Crippen LogP contribution < -0.4 is 10.1 Å². The van der Waals surface area contributed by atoms with Gasteiger partial charge in [0.25, 0.3) is 0 Å².